The third-order valence-electron chi connectivity index (χ3n) is 3.24. The van der Waals surface area contributed by atoms with Gasteiger partial charge in [0.15, 0.2) is 0 Å². The van der Waals surface area contributed by atoms with E-state index >= 15 is 0 Å². The van der Waals surface area contributed by atoms with Crippen LogP contribution in [0, 0.1) is 5.92 Å². The van der Waals surface area contributed by atoms with Crippen LogP contribution in [0.5, 0.6) is 0 Å². The number of aromatic nitrogens is 2. The van der Waals surface area contributed by atoms with Gasteiger partial charge in [0, 0.05) is 32.4 Å². The summed E-state index contributed by atoms with van der Waals surface area (Å²) in [5.74, 6) is -0.372. The van der Waals surface area contributed by atoms with Crippen LogP contribution in [0.25, 0.3) is 0 Å². The molecule has 1 aliphatic heterocycles. The molecule has 100 valence electrons. The van der Waals surface area contributed by atoms with Crippen molar-refractivity contribution in [1.82, 2.24) is 9.55 Å². The van der Waals surface area contributed by atoms with E-state index in [9.17, 15) is 4.79 Å². The van der Waals surface area contributed by atoms with Crippen LogP contribution in [0.4, 0.5) is 0 Å². The summed E-state index contributed by atoms with van der Waals surface area (Å²) in [7, 11) is 0. The van der Waals surface area contributed by atoms with Gasteiger partial charge in [-0.1, -0.05) is 0 Å². The number of rotatable bonds is 5. The lowest BCUT2D eigenvalue weighted by Gasteiger charge is -2.22. The van der Waals surface area contributed by atoms with E-state index in [1.54, 1.807) is 6.33 Å². The SMILES string of the molecule is N[C@H](Cc1cn(CC2CCOCC2)cn1)C(=O)O. The number of ether oxygens (including phenoxy) is 1. The monoisotopic (exact) mass is 253 g/mol. The number of hydrogen-bond donors (Lipinski definition) is 2. The summed E-state index contributed by atoms with van der Waals surface area (Å²) in [5.41, 5.74) is 6.21. The molecule has 6 heteroatoms. The zero-order valence-corrected chi connectivity index (χ0v) is 10.3. The lowest BCUT2D eigenvalue weighted by atomic mass is 10.0. The number of imidazole rings is 1. The van der Waals surface area contributed by atoms with Crippen molar-refractivity contribution in [3.05, 3.63) is 18.2 Å². The molecule has 18 heavy (non-hydrogen) atoms. The average molecular weight is 253 g/mol. The molecule has 0 aliphatic carbocycles. The van der Waals surface area contributed by atoms with Crippen LogP contribution < -0.4 is 5.73 Å². The molecule has 6 nitrogen and oxygen atoms in total. The molecule has 0 radical (unpaired) electrons. The fraction of sp³-hybridized carbons (Fsp3) is 0.667. The fourth-order valence-corrected chi connectivity index (χ4v) is 2.15. The molecule has 2 rings (SSSR count). The van der Waals surface area contributed by atoms with Crippen molar-refractivity contribution >= 4 is 5.97 Å². The summed E-state index contributed by atoms with van der Waals surface area (Å²) < 4.78 is 7.33. The van der Waals surface area contributed by atoms with Gasteiger partial charge in [0.25, 0.3) is 0 Å². The third-order valence-corrected chi connectivity index (χ3v) is 3.24. The molecule has 0 saturated carbocycles. The van der Waals surface area contributed by atoms with E-state index in [2.05, 4.69) is 4.98 Å². The van der Waals surface area contributed by atoms with Crippen molar-refractivity contribution < 1.29 is 14.6 Å². The summed E-state index contributed by atoms with van der Waals surface area (Å²) in [4.78, 5) is 14.8. The smallest absolute Gasteiger partial charge is 0.320 e. The predicted octanol–water partition coefficient (Wildman–Crippen LogP) is 0.264. The lowest BCUT2D eigenvalue weighted by Crippen LogP contribution is -2.32. The first kappa shape index (κ1) is 13.0. The van der Waals surface area contributed by atoms with Gasteiger partial charge in [0.1, 0.15) is 6.04 Å². The molecule has 1 atom stereocenters. The van der Waals surface area contributed by atoms with Gasteiger partial charge < -0.3 is 20.1 Å². The summed E-state index contributed by atoms with van der Waals surface area (Å²) in [6.07, 6.45) is 6.05. The molecule has 0 unspecified atom stereocenters. The zero-order valence-electron chi connectivity index (χ0n) is 10.3. The second-order valence-corrected chi connectivity index (χ2v) is 4.77. The van der Waals surface area contributed by atoms with E-state index in [1.165, 1.54) is 0 Å². The van der Waals surface area contributed by atoms with Gasteiger partial charge in [0.2, 0.25) is 0 Å². The van der Waals surface area contributed by atoms with Gasteiger partial charge in [-0.3, -0.25) is 4.79 Å². The van der Waals surface area contributed by atoms with Crippen molar-refractivity contribution in [2.75, 3.05) is 13.2 Å². The van der Waals surface area contributed by atoms with Crippen molar-refractivity contribution in [1.29, 1.82) is 0 Å². The highest BCUT2D eigenvalue weighted by Crippen LogP contribution is 2.17. The lowest BCUT2D eigenvalue weighted by molar-refractivity contribution is -0.138. The van der Waals surface area contributed by atoms with Gasteiger partial charge in [-0.15, -0.1) is 0 Å². The minimum absolute atomic E-state index is 0.274. The summed E-state index contributed by atoms with van der Waals surface area (Å²) in [5, 5.41) is 8.74. The highest BCUT2D eigenvalue weighted by atomic mass is 16.5. The first-order chi connectivity index (χ1) is 8.65. The van der Waals surface area contributed by atoms with Crippen molar-refractivity contribution in [3.63, 3.8) is 0 Å². The highest BCUT2D eigenvalue weighted by molar-refractivity contribution is 5.73. The molecule has 0 amide bonds. The fourth-order valence-electron chi connectivity index (χ4n) is 2.15. The Balaban J connectivity index is 1.87. The Morgan fingerprint density at radius 3 is 3.00 bits per heavy atom. The number of aliphatic carboxylic acids is 1. The number of nitrogens with two attached hydrogens (primary N) is 1. The number of carboxylic acid groups (broad SMARTS) is 1. The number of carboxylic acids is 1. The van der Waals surface area contributed by atoms with E-state index < -0.39 is 12.0 Å². The highest BCUT2D eigenvalue weighted by Gasteiger charge is 2.16. The molecule has 1 aromatic rings. The van der Waals surface area contributed by atoms with Gasteiger partial charge in [-0.2, -0.15) is 0 Å². The summed E-state index contributed by atoms with van der Waals surface area (Å²) in [6, 6.07) is -0.878. The molecule has 0 bridgehead atoms. The standard InChI is InChI=1S/C12H19N3O3/c13-11(12(16)17)5-10-7-15(8-14-10)6-9-1-3-18-4-2-9/h7-9,11H,1-6,13H2,(H,16,17)/t11-/m1/s1. The van der Waals surface area contributed by atoms with Gasteiger partial charge >= 0.3 is 5.97 Å². The summed E-state index contributed by atoms with van der Waals surface area (Å²) >= 11 is 0. The van der Waals surface area contributed by atoms with Gasteiger partial charge in [-0.25, -0.2) is 4.98 Å². The molecule has 0 spiro atoms. The molecule has 1 aromatic heterocycles. The minimum atomic E-state index is -0.992. The number of hydrogen-bond acceptors (Lipinski definition) is 4. The van der Waals surface area contributed by atoms with Crippen LogP contribution in [-0.2, 0) is 22.5 Å². The number of carbonyl (C=O) groups is 1. The Labute approximate surface area is 106 Å². The second-order valence-electron chi connectivity index (χ2n) is 4.77. The minimum Gasteiger partial charge on any atom is -0.480 e. The van der Waals surface area contributed by atoms with Crippen LogP contribution in [0.15, 0.2) is 12.5 Å². The summed E-state index contributed by atoms with van der Waals surface area (Å²) in [6.45, 7) is 2.57. The maximum absolute atomic E-state index is 10.7. The maximum Gasteiger partial charge on any atom is 0.320 e. The van der Waals surface area contributed by atoms with Crippen molar-refractivity contribution in [2.45, 2.75) is 31.8 Å². The maximum atomic E-state index is 10.7. The average Bonchev–Trinajstić information content (AvgIpc) is 2.77. The Kier molecular flexibility index (Phi) is 4.33. The van der Waals surface area contributed by atoms with E-state index in [0.717, 1.165) is 38.3 Å². The molecular formula is C12H19N3O3. The first-order valence-corrected chi connectivity index (χ1v) is 6.22. The largest absolute Gasteiger partial charge is 0.480 e. The van der Waals surface area contributed by atoms with E-state index in [1.807, 2.05) is 10.8 Å². The molecule has 2 heterocycles. The van der Waals surface area contributed by atoms with Gasteiger partial charge in [0.05, 0.1) is 12.0 Å². The first-order valence-electron chi connectivity index (χ1n) is 6.22. The Morgan fingerprint density at radius 2 is 2.33 bits per heavy atom. The van der Waals surface area contributed by atoms with Crippen LogP contribution >= 0.6 is 0 Å². The van der Waals surface area contributed by atoms with E-state index in [-0.39, 0.29) is 6.42 Å². The normalized spacial score (nSPS) is 18.7. The molecule has 3 N–H and O–H groups in total. The van der Waals surface area contributed by atoms with Crippen LogP contribution in [0.3, 0.4) is 0 Å². The predicted molar refractivity (Wildman–Crippen MR) is 65.1 cm³/mol. The second kappa shape index (κ2) is 5.97. The van der Waals surface area contributed by atoms with Crippen molar-refractivity contribution in [2.24, 2.45) is 11.7 Å². The van der Waals surface area contributed by atoms with Crippen LogP contribution in [0.1, 0.15) is 18.5 Å². The Bertz CT molecular complexity index is 399. The van der Waals surface area contributed by atoms with E-state index in [0.29, 0.717) is 5.92 Å². The Hall–Kier alpha value is -1.40. The molecule has 0 aromatic carbocycles. The van der Waals surface area contributed by atoms with Gasteiger partial charge in [-0.05, 0) is 18.8 Å². The van der Waals surface area contributed by atoms with Crippen LogP contribution in [-0.4, -0.2) is 39.9 Å². The van der Waals surface area contributed by atoms with Crippen molar-refractivity contribution in [3.8, 4) is 0 Å². The van der Waals surface area contributed by atoms with E-state index in [4.69, 9.17) is 15.6 Å². The zero-order chi connectivity index (χ0) is 13.0. The number of nitrogens with zero attached hydrogens (tertiary/aromatic N) is 2. The molecule has 1 saturated heterocycles. The molecule has 1 fully saturated rings. The molecule has 1 aliphatic rings. The third kappa shape index (κ3) is 3.54. The Morgan fingerprint density at radius 1 is 1.61 bits per heavy atom. The molecular weight excluding hydrogens is 234 g/mol. The topological polar surface area (TPSA) is 90.4 Å². The quantitative estimate of drug-likeness (QED) is 0.785. The van der Waals surface area contributed by atoms with Crippen LogP contribution in [0.2, 0.25) is 0 Å².